The lowest BCUT2D eigenvalue weighted by Gasteiger charge is -2.29. The average Bonchev–Trinajstić information content (AvgIpc) is 3.04. The lowest BCUT2D eigenvalue weighted by molar-refractivity contribution is 0.0696. The molecule has 1 unspecified atom stereocenters. The monoisotopic (exact) mass is 360 g/mol. The number of carboxylic acid groups (broad SMARTS) is 1. The van der Waals surface area contributed by atoms with E-state index in [0.29, 0.717) is 5.69 Å². The second-order valence-corrected chi connectivity index (χ2v) is 7.45. The predicted octanol–water partition coefficient (Wildman–Crippen LogP) is 2.68. The van der Waals surface area contributed by atoms with E-state index in [-0.39, 0.29) is 11.5 Å². The van der Waals surface area contributed by atoms with Crippen molar-refractivity contribution in [3.05, 3.63) is 41.5 Å². The average molecular weight is 360 g/mol. The highest BCUT2D eigenvalue weighted by molar-refractivity contribution is 7.98. The van der Waals surface area contributed by atoms with E-state index >= 15 is 0 Å². The van der Waals surface area contributed by atoms with Gasteiger partial charge in [0.2, 0.25) is 0 Å². The number of hydrogen-bond acceptors (Lipinski definition) is 5. The number of nitrogens with zero attached hydrogens (tertiary/aromatic N) is 4. The van der Waals surface area contributed by atoms with Crippen LogP contribution in [0.15, 0.2) is 24.3 Å². The van der Waals surface area contributed by atoms with E-state index in [4.69, 9.17) is 4.98 Å². The Labute approximate surface area is 152 Å². The lowest BCUT2D eigenvalue weighted by Crippen LogP contribution is -2.32. The number of benzene rings is 1. The highest BCUT2D eigenvalue weighted by Crippen LogP contribution is 2.28. The summed E-state index contributed by atoms with van der Waals surface area (Å²) in [6, 6.07) is 7.03. The first-order valence-corrected chi connectivity index (χ1v) is 9.95. The molecule has 1 aromatic heterocycles. The van der Waals surface area contributed by atoms with E-state index in [0.717, 1.165) is 49.8 Å². The number of aromatic nitrogens is 3. The van der Waals surface area contributed by atoms with Gasteiger partial charge in [-0.1, -0.05) is 12.1 Å². The van der Waals surface area contributed by atoms with Crippen molar-refractivity contribution in [1.82, 2.24) is 19.7 Å². The van der Waals surface area contributed by atoms with E-state index in [1.54, 1.807) is 28.6 Å². The maximum absolute atomic E-state index is 11.6. The van der Waals surface area contributed by atoms with Crippen LogP contribution in [-0.4, -0.2) is 62.9 Å². The van der Waals surface area contributed by atoms with Crippen molar-refractivity contribution >= 4 is 17.7 Å². The summed E-state index contributed by atoms with van der Waals surface area (Å²) in [6.07, 6.45) is 5.03. The van der Waals surface area contributed by atoms with Gasteiger partial charge in [0.15, 0.2) is 5.82 Å². The number of para-hydroxylation sites is 1. The molecule has 1 fully saturated rings. The number of aryl methyl sites for hydroxylation is 1. The van der Waals surface area contributed by atoms with Crippen LogP contribution < -0.4 is 0 Å². The fourth-order valence-corrected chi connectivity index (χ4v) is 3.71. The molecule has 0 bridgehead atoms. The third-order valence-corrected chi connectivity index (χ3v) is 5.17. The predicted molar refractivity (Wildman–Crippen MR) is 99.9 cm³/mol. The van der Waals surface area contributed by atoms with E-state index in [1.807, 2.05) is 12.1 Å². The number of piperidine rings is 1. The van der Waals surface area contributed by atoms with Crippen molar-refractivity contribution < 1.29 is 9.90 Å². The molecule has 0 saturated carbocycles. The Morgan fingerprint density at radius 3 is 2.92 bits per heavy atom. The number of carboxylic acids is 1. The molecule has 6 nitrogen and oxygen atoms in total. The molecule has 25 heavy (non-hydrogen) atoms. The molecule has 0 radical (unpaired) electrons. The smallest absolute Gasteiger partial charge is 0.337 e. The van der Waals surface area contributed by atoms with E-state index in [1.165, 1.54) is 0 Å². The third-order valence-electron chi connectivity index (χ3n) is 4.56. The minimum atomic E-state index is -0.941. The molecule has 1 saturated heterocycles. The standard InChI is InChI=1S/C18H24N4O2S/c1-21-10-5-6-13(12-21)17-19-16(9-11-25-2)20-22(17)15-8-4-3-7-14(15)18(23)24/h3-4,7-8,13H,5-6,9-12H2,1-2H3,(H,23,24). The van der Waals surface area contributed by atoms with Crippen LogP contribution in [0.1, 0.15) is 40.8 Å². The minimum absolute atomic E-state index is 0.259. The summed E-state index contributed by atoms with van der Waals surface area (Å²) in [6.45, 7) is 2.02. The number of thioether (sulfide) groups is 1. The number of likely N-dealkylation sites (tertiary alicyclic amines) is 1. The van der Waals surface area contributed by atoms with Gasteiger partial charge in [-0.3, -0.25) is 0 Å². The van der Waals surface area contributed by atoms with Gasteiger partial charge in [0.1, 0.15) is 5.82 Å². The van der Waals surface area contributed by atoms with Crippen LogP contribution in [0.5, 0.6) is 0 Å². The Morgan fingerprint density at radius 1 is 1.40 bits per heavy atom. The van der Waals surface area contributed by atoms with Crippen molar-refractivity contribution in [2.45, 2.75) is 25.2 Å². The molecule has 1 aliphatic rings. The Morgan fingerprint density at radius 2 is 2.20 bits per heavy atom. The van der Waals surface area contributed by atoms with E-state index in [2.05, 4.69) is 23.3 Å². The molecule has 1 N–H and O–H groups in total. The Balaban J connectivity index is 2.05. The molecule has 2 aromatic rings. The first-order valence-electron chi connectivity index (χ1n) is 8.56. The normalized spacial score (nSPS) is 18.4. The molecule has 1 aliphatic heterocycles. The van der Waals surface area contributed by atoms with Crippen LogP contribution in [0.4, 0.5) is 0 Å². The minimum Gasteiger partial charge on any atom is -0.478 e. The van der Waals surface area contributed by atoms with Gasteiger partial charge in [0.05, 0.1) is 11.3 Å². The van der Waals surface area contributed by atoms with Crippen LogP contribution >= 0.6 is 11.8 Å². The zero-order chi connectivity index (χ0) is 17.8. The maximum atomic E-state index is 11.6. The lowest BCUT2D eigenvalue weighted by atomic mass is 9.97. The van der Waals surface area contributed by atoms with Gasteiger partial charge in [0.25, 0.3) is 0 Å². The fraction of sp³-hybridized carbons (Fsp3) is 0.500. The van der Waals surface area contributed by atoms with Gasteiger partial charge in [-0.15, -0.1) is 0 Å². The molecule has 0 spiro atoms. The maximum Gasteiger partial charge on any atom is 0.337 e. The summed E-state index contributed by atoms with van der Waals surface area (Å²) >= 11 is 1.76. The number of carbonyl (C=O) groups is 1. The summed E-state index contributed by atoms with van der Waals surface area (Å²) in [7, 11) is 2.12. The Kier molecular flexibility index (Phi) is 5.75. The summed E-state index contributed by atoms with van der Waals surface area (Å²) in [5.74, 6) is 1.96. The van der Waals surface area contributed by atoms with Crippen molar-refractivity contribution in [3.8, 4) is 5.69 Å². The van der Waals surface area contributed by atoms with Gasteiger partial charge < -0.3 is 10.0 Å². The zero-order valence-corrected chi connectivity index (χ0v) is 15.5. The first-order chi connectivity index (χ1) is 12.1. The fourth-order valence-electron chi connectivity index (χ4n) is 3.33. The van der Waals surface area contributed by atoms with E-state index < -0.39 is 5.97 Å². The first kappa shape index (κ1) is 17.9. The van der Waals surface area contributed by atoms with Crippen molar-refractivity contribution in [2.24, 2.45) is 0 Å². The SMILES string of the molecule is CSCCc1nc(C2CCCN(C)C2)n(-c2ccccc2C(=O)O)n1. The molecule has 0 amide bonds. The zero-order valence-electron chi connectivity index (χ0n) is 14.7. The molecule has 1 atom stereocenters. The number of aromatic carboxylic acids is 1. The van der Waals surface area contributed by atoms with Gasteiger partial charge in [-0.05, 0) is 44.8 Å². The summed E-state index contributed by atoms with van der Waals surface area (Å²) in [4.78, 5) is 18.7. The van der Waals surface area contributed by atoms with Gasteiger partial charge in [-0.2, -0.15) is 16.9 Å². The highest BCUT2D eigenvalue weighted by atomic mass is 32.2. The van der Waals surface area contributed by atoms with Crippen LogP contribution in [0, 0.1) is 0 Å². The second kappa shape index (κ2) is 8.01. The molecule has 134 valence electrons. The largest absolute Gasteiger partial charge is 0.478 e. The Bertz CT molecular complexity index is 746. The molecular weight excluding hydrogens is 336 g/mol. The Hall–Kier alpha value is -1.86. The van der Waals surface area contributed by atoms with E-state index in [9.17, 15) is 9.90 Å². The van der Waals surface area contributed by atoms with Crippen LogP contribution in [0.3, 0.4) is 0 Å². The van der Waals surface area contributed by atoms with Crippen LogP contribution in [0.25, 0.3) is 5.69 Å². The van der Waals surface area contributed by atoms with Gasteiger partial charge in [-0.25, -0.2) is 14.5 Å². The van der Waals surface area contributed by atoms with Crippen LogP contribution in [0.2, 0.25) is 0 Å². The third kappa shape index (κ3) is 4.04. The van der Waals surface area contributed by atoms with Crippen molar-refractivity contribution in [3.63, 3.8) is 0 Å². The molecule has 1 aromatic carbocycles. The topological polar surface area (TPSA) is 71.2 Å². The summed E-state index contributed by atoms with van der Waals surface area (Å²) in [5, 5.41) is 14.2. The molecule has 3 rings (SSSR count). The quantitative estimate of drug-likeness (QED) is 0.854. The molecule has 7 heteroatoms. The summed E-state index contributed by atoms with van der Waals surface area (Å²) in [5.41, 5.74) is 0.857. The van der Waals surface area contributed by atoms with Gasteiger partial charge in [0, 0.05) is 24.6 Å². The van der Waals surface area contributed by atoms with Crippen molar-refractivity contribution in [2.75, 3.05) is 32.1 Å². The molecule has 2 heterocycles. The molecule has 0 aliphatic carbocycles. The number of likely N-dealkylation sites (N-methyl/N-ethyl adjacent to an activating group) is 1. The summed E-state index contributed by atoms with van der Waals surface area (Å²) < 4.78 is 1.77. The molecular formula is C18H24N4O2S. The van der Waals surface area contributed by atoms with Crippen molar-refractivity contribution in [1.29, 1.82) is 0 Å². The van der Waals surface area contributed by atoms with Gasteiger partial charge >= 0.3 is 5.97 Å². The number of rotatable bonds is 6. The number of hydrogen-bond donors (Lipinski definition) is 1. The second-order valence-electron chi connectivity index (χ2n) is 6.46. The van der Waals surface area contributed by atoms with Crippen LogP contribution in [-0.2, 0) is 6.42 Å². The highest BCUT2D eigenvalue weighted by Gasteiger charge is 2.26.